The average molecular weight is 771 g/mol. The summed E-state index contributed by atoms with van der Waals surface area (Å²) in [6.45, 7) is 12.8. The fourth-order valence-corrected chi connectivity index (χ4v) is 9.62. The van der Waals surface area contributed by atoms with E-state index in [0.717, 1.165) is 5.56 Å². The van der Waals surface area contributed by atoms with Crippen LogP contribution in [-0.4, -0.2) is 61.3 Å². The molecular weight excluding hydrogens is 725 g/mol. The van der Waals surface area contributed by atoms with E-state index in [1.54, 1.807) is 14.1 Å². The van der Waals surface area contributed by atoms with Crippen molar-refractivity contribution < 1.29 is 32.8 Å². The molecule has 0 amide bonds. The second kappa shape index (κ2) is 13.0. The minimum absolute atomic E-state index is 0.0167. The van der Waals surface area contributed by atoms with Crippen molar-refractivity contribution in [3.63, 3.8) is 0 Å². The Hall–Kier alpha value is -3.36. The minimum atomic E-state index is -2.93. The van der Waals surface area contributed by atoms with Crippen molar-refractivity contribution in [3.8, 4) is 5.75 Å². The number of fused-ring (bicyclic) bond motifs is 4. The molecule has 1 saturated carbocycles. The number of benzene rings is 2. The van der Waals surface area contributed by atoms with Crippen LogP contribution in [0.3, 0.4) is 0 Å². The predicted octanol–water partition coefficient (Wildman–Crippen LogP) is 6.85. The maximum Gasteiger partial charge on any atom is 0.291 e. The van der Waals surface area contributed by atoms with Gasteiger partial charge in [0, 0.05) is 29.2 Å². The molecule has 268 valence electrons. The van der Waals surface area contributed by atoms with Crippen LogP contribution in [0, 0.1) is 17.7 Å². The number of hydrogen-bond donors (Lipinski definition) is 3. The summed E-state index contributed by atoms with van der Waals surface area (Å²) in [4.78, 5) is 45.2. The highest BCUT2D eigenvalue weighted by Crippen LogP contribution is 2.58. The van der Waals surface area contributed by atoms with Gasteiger partial charge in [-0.25, -0.2) is 4.39 Å². The number of aliphatic hydroxyl groups excluding tert-OH is 1. The maximum absolute atomic E-state index is 16.7. The molecule has 1 aromatic heterocycles. The number of ketones is 2. The number of aliphatic hydroxyl groups is 1. The normalized spacial score (nSPS) is 23.5. The van der Waals surface area contributed by atoms with Crippen LogP contribution in [0.2, 0.25) is 18.1 Å². The first-order chi connectivity index (χ1) is 23.5. The topological polar surface area (TPSA) is 134 Å². The van der Waals surface area contributed by atoms with Crippen molar-refractivity contribution in [2.24, 2.45) is 11.8 Å². The van der Waals surface area contributed by atoms with E-state index in [-0.39, 0.29) is 59.8 Å². The van der Waals surface area contributed by atoms with Crippen LogP contribution in [-0.2, 0) is 28.8 Å². The maximum atomic E-state index is 16.7. The molecule has 10 nitrogen and oxygen atoms in total. The molecule has 0 saturated heterocycles. The third-order valence-electron chi connectivity index (χ3n) is 11.0. The number of aromatic amines is 1. The number of nitrogens with one attached hydrogen (secondary N) is 2. The van der Waals surface area contributed by atoms with Gasteiger partial charge in [-0.2, -0.15) is 5.16 Å². The van der Waals surface area contributed by atoms with Gasteiger partial charge in [0.1, 0.15) is 29.5 Å². The number of Topliss-reactive ketones (excluding diaryl/α,β-unsaturated/α-hetero) is 2. The van der Waals surface area contributed by atoms with Crippen molar-refractivity contribution in [3.05, 3.63) is 90.1 Å². The van der Waals surface area contributed by atoms with Crippen LogP contribution in [0.25, 0.3) is 5.76 Å². The summed E-state index contributed by atoms with van der Waals surface area (Å²) in [7, 11) is 0.648. The molecule has 0 aliphatic heterocycles. The largest absolute Gasteiger partial charge is 0.507 e. The number of carbonyl (C=O) groups is 2. The average Bonchev–Trinajstić information content (AvgIpc) is 3.43. The number of rotatable bonds is 9. The summed E-state index contributed by atoms with van der Waals surface area (Å²) >= 11 is 3.58. The van der Waals surface area contributed by atoms with Crippen LogP contribution in [0.5, 0.6) is 5.75 Å². The molecule has 0 radical (unpaired) electrons. The number of hydrogen-bond acceptors (Lipinski definition) is 9. The van der Waals surface area contributed by atoms with Crippen LogP contribution in [0.4, 0.5) is 4.39 Å². The standard InChI is InChI=1S/C37H45BrFN3O7Si/c1-9-40-17-22-27(38)31(47-18-19-13-11-10-12-14-19)25-21(28(22)39)15-20-16-23-29(42(5)6)32-26(35(46)41-48-32)34(45)37(23,33(44)24(20)30(25)43)49-50(7,8)36(2,3)4/h10-14,20,23,29,40,43H,9,15-18H2,1-8H3,(H,41,46)/t20-,23-,29-,37-/m0/s1. The lowest BCUT2D eigenvalue weighted by Gasteiger charge is -2.55. The third kappa shape index (κ3) is 5.56. The first-order valence-electron chi connectivity index (χ1n) is 17.0. The number of aromatic nitrogens is 1. The quantitative estimate of drug-likeness (QED) is 0.158. The van der Waals surface area contributed by atoms with Gasteiger partial charge >= 0.3 is 0 Å². The number of nitrogens with zero attached hydrogens (tertiary/aromatic N) is 1. The monoisotopic (exact) mass is 769 g/mol. The van der Waals surface area contributed by atoms with Crippen molar-refractivity contribution >= 4 is 41.6 Å². The van der Waals surface area contributed by atoms with Gasteiger partial charge in [-0.1, -0.05) is 58.0 Å². The van der Waals surface area contributed by atoms with E-state index in [2.05, 4.69) is 26.4 Å². The second-order valence-electron chi connectivity index (χ2n) is 15.3. The zero-order valence-corrected chi connectivity index (χ0v) is 32.3. The van der Waals surface area contributed by atoms with Crippen molar-refractivity contribution in [1.82, 2.24) is 15.4 Å². The van der Waals surface area contributed by atoms with Gasteiger partial charge in [0.25, 0.3) is 5.56 Å². The summed E-state index contributed by atoms with van der Waals surface area (Å²) < 4.78 is 36.0. The van der Waals surface area contributed by atoms with Gasteiger partial charge in [-0.15, -0.1) is 0 Å². The van der Waals surface area contributed by atoms with Gasteiger partial charge in [0.15, 0.2) is 19.7 Å². The van der Waals surface area contributed by atoms with Gasteiger partial charge in [-0.05, 0) is 79.0 Å². The zero-order chi connectivity index (χ0) is 36.5. The highest BCUT2D eigenvalue weighted by molar-refractivity contribution is 9.10. The van der Waals surface area contributed by atoms with Crippen molar-refractivity contribution in [1.29, 1.82) is 0 Å². The molecular formula is C37H45BrFN3O7Si. The summed E-state index contributed by atoms with van der Waals surface area (Å²) in [5.74, 6) is -3.57. The highest BCUT2D eigenvalue weighted by atomic mass is 79.9. The lowest BCUT2D eigenvalue weighted by molar-refractivity contribution is -0.140. The number of halogens is 2. The first kappa shape index (κ1) is 36.4. The Morgan fingerprint density at radius 3 is 2.44 bits per heavy atom. The Balaban J connectivity index is 1.61. The molecule has 13 heteroatoms. The second-order valence-corrected chi connectivity index (χ2v) is 20.8. The Bertz CT molecular complexity index is 1950. The van der Waals surface area contributed by atoms with Gasteiger partial charge in [0.2, 0.25) is 11.6 Å². The molecule has 50 heavy (non-hydrogen) atoms. The molecule has 0 unspecified atom stereocenters. The minimum Gasteiger partial charge on any atom is -0.507 e. The summed E-state index contributed by atoms with van der Waals surface area (Å²) in [5.41, 5.74) is -1.64. The number of carbonyl (C=O) groups excluding carboxylic acids is 2. The highest BCUT2D eigenvalue weighted by Gasteiger charge is 2.68. The van der Waals surface area contributed by atoms with Gasteiger partial charge < -0.3 is 24.1 Å². The fraction of sp³-hybridized carbons (Fsp3) is 0.486. The summed E-state index contributed by atoms with van der Waals surface area (Å²) in [6, 6.07) is 8.74. The predicted molar refractivity (Wildman–Crippen MR) is 193 cm³/mol. The Kier molecular flexibility index (Phi) is 9.47. The number of ether oxygens (including phenoxy) is 1. The van der Waals surface area contributed by atoms with E-state index in [1.165, 1.54) is 0 Å². The third-order valence-corrected chi connectivity index (χ3v) is 16.3. The molecule has 3 aromatic rings. The molecule has 2 aromatic carbocycles. The van der Waals surface area contributed by atoms with Crippen molar-refractivity contribution in [2.75, 3.05) is 20.6 Å². The van der Waals surface area contributed by atoms with Crippen LogP contribution in [0.1, 0.15) is 78.5 Å². The molecule has 6 rings (SSSR count). The number of H-pyrrole nitrogens is 1. The molecule has 3 N–H and O–H groups in total. The molecule has 4 atom stereocenters. The lowest BCUT2D eigenvalue weighted by Crippen LogP contribution is -2.68. The van der Waals surface area contributed by atoms with Crippen LogP contribution in [0.15, 0.2) is 49.7 Å². The Morgan fingerprint density at radius 2 is 1.82 bits per heavy atom. The molecule has 3 aliphatic rings. The lowest BCUT2D eigenvalue weighted by atomic mass is 9.57. The van der Waals surface area contributed by atoms with Crippen LogP contribution < -0.4 is 15.6 Å². The molecule has 0 bridgehead atoms. The molecule has 0 spiro atoms. The van der Waals surface area contributed by atoms with E-state index >= 15 is 9.18 Å². The van der Waals surface area contributed by atoms with Gasteiger partial charge in [-0.3, -0.25) is 19.3 Å². The van der Waals surface area contributed by atoms with Crippen molar-refractivity contribution in [2.45, 2.75) is 83.5 Å². The molecule has 1 heterocycles. The van der Waals surface area contributed by atoms with E-state index in [0.29, 0.717) is 16.6 Å². The SMILES string of the molecule is CCNCc1c(F)c2c(c(OCc3ccccc3)c1Br)C(O)=C1C(=O)[C@]3(O[Si](C)(C)C(C)(C)C)C(=O)c4c(o[nH]c4=O)[C@@H](N(C)C)[C@@H]3C[C@@H]1C2. The van der Waals surface area contributed by atoms with E-state index in [9.17, 15) is 14.7 Å². The summed E-state index contributed by atoms with van der Waals surface area (Å²) in [6.07, 6.45) is 0.256. The fourth-order valence-electron chi connectivity index (χ4n) is 7.54. The van der Waals surface area contributed by atoms with E-state index in [4.69, 9.17) is 13.7 Å². The molecule has 1 fully saturated rings. The zero-order valence-electron chi connectivity index (χ0n) is 29.8. The van der Waals surface area contributed by atoms with Crippen LogP contribution >= 0.6 is 15.9 Å². The first-order valence-corrected chi connectivity index (χ1v) is 20.7. The Morgan fingerprint density at radius 1 is 1.14 bits per heavy atom. The molecule has 3 aliphatic carbocycles. The smallest absolute Gasteiger partial charge is 0.291 e. The van der Waals surface area contributed by atoms with E-state index in [1.807, 2.05) is 76.0 Å². The van der Waals surface area contributed by atoms with E-state index < -0.39 is 65.5 Å². The van der Waals surface area contributed by atoms with Gasteiger partial charge in [0.05, 0.1) is 16.1 Å². The summed E-state index contributed by atoms with van der Waals surface area (Å²) in [5, 5.41) is 17.4. The Labute approximate surface area is 300 Å².